The smallest absolute Gasteiger partial charge is 0.0708 e. The minimum absolute atomic E-state index is 0.174. The van der Waals surface area contributed by atoms with E-state index in [0.29, 0.717) is 6.10 Å². The molecule has 1 aliphatic heterocycles. The molecule has 0 bridgehead atoms. The SMILES string of the molecule is CCC(C)(CCCl)NCC1CCC2(CCCCC2)O1. The van der Waals surface area contributed by atoms with E-state index in [4.69, 9.17) is 16.3 Å². The van der Waals surface area contributed by atoms with Gasteiger partial charge in [0.25, 0.3) is 0 Å². The van der Waals surface area contributed by atoms with Crippen molar-refractivity contribution < 1.29 is 4.74 Å². The molecule has 0 aromatic rings. The standard InChI is InChI=1S/C16H30ClNO/c1-3-15(2,11-12-17)18-13-14-7-10-16(19-14)8-5-4-6-9-16/h14,18H,3-13H2,1-2H3. The molecular weight excluding hydrogens is 258 g/mol. The summed E-state index contributed by atoms with van der Waals surface area (Å²) in [5.74, 6) is 0.729. The summed E-state index contributed by atoms with van der Waals surface area (Å²) in [6, 6.07) is 0. The quantitative estimate of drug-likeness (QED) is 0.737. The van der Waals surface area contributed by atoms with Crippen molar-refractivity contribution in [1.82, 2.24) is 5.32 Å². The van der Waals surface area contributed by atoms with E-state index in [9.17, 15) is 0 Å². The molecule has 1 spiro atoms. The van der Waals surface area contributed by atoms with Gasteiger partial charge < -0.3 is 10.1 Å². The zero-order valence-corrected chi connectivity index (χ0v) is 13.4. The van der Waals surface area contributed by atoms with Crippen molar-refractivity contribution in [2.24, 2.45) is 0 Å². The third kappa shape index (κ3) is 4.09. The first-order valence-electron chi connectivity index (χ1n) is 8.10. The van der Waals surface area contributed by atoms with E-state index in [-0.39, 0.29) is 11.1 Å². The number of ether oxygens (including phenoxy) is 1. The summed E-state index contributed by atoms with van der Waals surface area (Å²) in [6.45, 7) is 5.50. The Morgan fingerprint density at radius 2 is 2.00 bits per heavy atom. The maximum Gasteiger partial charge on any atom is 0.0708 e. The van der Waals surface area contributed by atoms with Gasteiger partial charge in [-0.15, -0.1) is 11.6 Å². The third-order valence-electron chi connectivity index (χ3n) is 5.29. The third-order valence-corrected chi connectivity index (χ3v) is 5.48. The van der Waals surface area contributed by atoms with E-state index in [1.807, 2.05) is 0 Å². The van der Waals surface area contributed by atoms with Gasteiger partial charge in [-0.3, -0.25) is 0 Å². The van der Waals surface area contributed by atoms with Crippen LogP contribution in [0.2, 0.25) is 0 Å². The molecule has 2 fully saturated rings. The molecular formula is C16H30ClNO. The van der Waals surface area contributed by atoms with Gasteiger partial charge in [-0.25, -0.2) is 0 Å². The van der Waals surface area contributed by atoms with Crippen molar-refractivity contribution in [1.29, 1.82) is 0 Å². The van der Waals surface area contributed by atoms with E-state index in [0.717, 1.165) is 25.3 Å². The van der Waals surface area contributed by atoms with Crippen molar-refractivity contribution in [2.45, 2.75) is 88.9 Å². The van der Waals surface area contributed by atoms with Crippen LogP contribution in [0.3, 0.4) is 0 Å². The molecule has 1 saturated heterocycles. The first kappa shape index (κ1) is 15.6. The Bertz CT molecular complexity index is 278. The highest BCUT2D eigenvalue weighted by molar-refractivity contribution is 6.17. The first-order chi connectivity index (χ1) is 9.11. The minimum Gasteiger partial charge on any atom is -0.370 e. The molecule has 3 heteroatoms. The summed E-state index contributed by atoms with van der Waals surface area (Å²) >= 11 is 5.91. The lowest BCUT2D eigenvalue weighted by Gasteiger charge is -2.34. The van der Waals surface area contributed by atoms with Gasteiger partial charge in [0.1, 0.15) is 0 Å². The highest BCUT2D eigenvalue weighted by atomic mass is 35.5. The number of nitrogens with one attached hydrogen (secondary N) is 1. The van der Waals surface area contributed by atoms with Gasteiger partial charge in [0.05, 0.1) is 11.7 Å². The van der Waals surface area contributed by atoms with Crippen molar-refractivity contribution in [3.63, 3.8) is 0 Å². The zero-order chi connectivity index (χ0) is 13.8. The highest BCUT2D eigenvalue weighted by Crippen LogP contribution is 2.41. The van der Waals surface area contributed by atoms with Crippen LogP contribution in [0.25, 0.3) is 0 Å². The molecule has 0 amide bonds. The Hall–Kier alpha value is 0.210. The van der Waals surface area contributed by atoms with Crippen molar-refractivity contribution in [2.75, 3.05) is 12.4 Å². The molecule has 1 saturated carbocycles. The van der Waals surface area contributed by atoms with Crippen molar-refractivity contribution >= 4 is 11.6 Å². The molecule has 2 aliphatic rings. The predicted octanol–water partition coefficient (Wildman–Crippen LogP) is 4.26. The summed E-state index contributed by atoms with van der Waals surface area (Å²) in [5, 5.41) is 3.70. The Morgan fingerprint density at radius 3 is 2.63 bits per heavy atom. The van der Waals surface area contributed by atoms with Crippen LogP contribution in [0.5, 0.6) is 0 Å². The molecule has 2 atom stereocenters. The average Bonchev–Trinajstić information content (AvgIpc) is 2.81. The maximum atomic E-state index is 6.41. The molecule has 1 aliphatic carbocycles. The Balaban J connectivity index is 1.78. The van der Waals surface area contributed by atoms with Gasteiger partial charge in [-0.05, 0) is 45.4 Å². The summed E-state index contributed by atoms with van der Waals surface area (Å²) < 4.78 is 6.41. The second-order valence-electron chi connectivity index (χ2n) is 6.76. The second kappa shape index (κ2) is 6.78. The first-order valence-corrected chi connectivity index (χ1v) is 8.64. The van der Waals surface area contributed by atoms with Crippen molar-refractivity contribution in [3.8, 4) is 0 Å². The summed E-state index contributed by atoms with van der Waals surface area (Å²) in [4.78, 5) is 0. The monoisotopic (exact) mass is 287 g/mol. The van der Waals surface area contributed by atoms with Crippen LogP contribution < -0.4 is 5.32 Å². The predicted molar refractivity (Wildman–Crippen MR) is 82.0 cm³/mol. The summed E-state index contributed by atoms with van der Waals surface area (Å²) in [6.07, 6.45) is 11.8. The van der Waals surface area contributed by atoms with Crippen LogP contribution in [0.4, 0.5) is 0 Å². The lowest BCUT2D eigenvalue weighted by Crippen LogP contribution is -2.46. The fourth-order valence-corrected chi connectivity index (χ4v) is 3.98. The fraction of sp³-hybridized carbons (Fsp3) is 1.00. The number of hydrogen-bond donors (Lipinski definition) is 1. The lowest BCUT2D eigenvalue weighted by molar-refractivity contribution is -0.0640. The maximum absolute atomic E-state index is 6.41. The number of alkyl halides is 1. The Morgan fingerprint density at radius 1 is 1.26 bits per heavy atom. The molecule has 1 N–H and O–H groups in total. The van der Waals surface area contributed by atoms with Crippen LogP contribution in [0.1, 0.15) is 71.6 Å². The van der Waals surface area contributed by atoms with E-state index in [2.05, 4.69) is 19.2 Å². The molecule has 0 aromatic heterocycles. The number of rotatable bonds is 6. The number of hydrogen-bond acceptors (Lipinski definition) is 2. The van der Waals surface area contributed by atoms with E-state index in [1.54, 1.807) is 0 Å². The van der Waals surface area contributed by atoms with Crippen LogP contribution in [0.15, 0.2) is 0 Å². The van der Waals surface area contributed by atoms with Crippen molar-refractivity contribution in [3.05, 3.63) is 0 Å². The fourth-order valence-electron chi connectivity index (χ4n) is 3.56. The molecule has 2 rings (SSSR count). The van der Waals surface area contributed by atoms with Gasteiger partial charge in [0, 0.05) is 18.0 Å². The molecule has 1 heterocycles. The number of halogens is 1. The zero-order valence-electron chi connectivity index (χ0n) is 12.6. The van der Waals surface area contributed by atoms with Gasteiger partial charge >= 0.3 is 0 Å². The molecule has 0 aromatic carbocycles. The van der Waals surface area contributed by atoms with Gasteiger partial charge in [0.2, 0.25) is 0 Å². The van der Waals surface area contributed by atoms with Gasteiger partial charge in [0.15, 0.2) is 0 Å². The van der Waals surface area contributed by atoms with E-state index >= 15 is 0 Å². The van der Waals surface area contributed by atoms with Crippen LogP contribution >= 0.6 is 11.6 Å². The molecule has 2 unspecified atom stereocenters. The summed E-state index contributed by atoms with van der Waals surface area (Å²) in [5.41, 5.74) is 0.424. The van der Waals surface area contributed by atoms with Crippen LogP contribution in [-0.2, 0) is 4.74 Å². The minimum atomic E-state index is 0.174. The van der Waals surface area contributed by atoms with Crippen LogP contribution in [-0.4, -0.2) is 29.7 Å². The van der Waals surface area contributed by atoms with Gasteiger partial charge in [-0.1, -0.05) is 26.2 Å². The van der Waals surface area contributed by atoms with Gasteiger partial charge in [-0.2, -0.15) is 0 Å². The van der Waals surface area contributed by atoms with E-state index < -0.39 is 0 Å². The largest absolute Gasteiger partial charge is 0.370 e. The summed E-state index contributed by atoms with van der Waals surface area (Å²) in [7, 11) is 0. The average molecular weight is 288 g/mol. The van der Waals surface area contributed by atoms with E-state index in [1.165, 1.54) is 44.9 Å². The molecule has 112 valence electrons. The highest BCUT2D eigenvalue weighted by Gasteiger charge is 2.40. The van der Waals surface area contributed by atoms with Crippen LogP contribution in [0, 0.1) is 0 Å². The topological polar surface area (TPSA) is 21.3 Å². The normalized spacial score (nSPS) is 29.5. The molecule has 2 nitrogen and oxygen atoms in total. The molecule has 19 heavy (non-hydrogen) atoms. The Kier molecular flexibility index (Phi) is 5.56. The second-order valence-corrected chi connectivity index (χ2v) is 7.13. The molecule has 0 radical (unpaired) electrons. The lowest BCUT2D eigenvalue weighted by atomic mass is 9.83. The Labute approximate surface area is 123 Å².